The van der Waals surface area contributed by atoms with Gasteiger partial charge in [-0.25, -0.2) is 0 Å². The van der Waals surface area contributed by atoms with Crippen LogP contribution in [0.2, 0.25) is 0 Å². The van der Waals surface area contributed by atoms with Gasteiger partial charge in [0.05, 0.1) is 6.10 Å². The predicted molar refractivity (Wildman–Crippen MR) is 92.8 cm³/mol. The van der Waals surface area contributed by atoms with Gasteiger partial charge in [-0.3, -0.25) is 19.2 Å². The molecule has 0 saturated carbocycles. The molecule has 0 bridgehead atoms. The van der Waals surface area contributed by atoms with Crippen LogP contribution in [-0.4, -0.2) is 76.7 Å². The quantitative estimate of drug-likeness (QED) is 0.232. The van der Waals surface area contributed by atoms with Crippen LogP contribution in [0.25, 0.3) is 0 Å². The maximum atomic E-state index is 12.3. The molecule has 144 valence electrons. The summed E-state index contributed by atoms with van der Waals surface area (Å²) in [5.41, 5.74) is 5.54. The van der Waals surface area contributed by atoms with E-state index in [0.29, 0.717) is 12.2 Å². The molecule has 0 radical (unpaired) electrons. The molecule has 0 rings (SSSR count). The minimum absolute atomic E-state index is 0.300. The van der Waals surface area contributed by atoms with E-state index in [1.165, 1.54) is 25.6 Å². The molecule has 25 heavy (non-hydrogen) atoms. The van der Waals surface area contributed by atoms with Crippen molar-refractivity contribution in [3.63, 3.8) is 0 Å². The van der Waals surface area contributed by atoms with Crippen LogP contribution in [-0.2, 0) is 19.2 Å². The van der Waals surface area contributed by atoms with Gasteiger partial charge in [0.15, 0.2) is 0 Å². The molecule has 4 atom stereocenters. The lowest BCUT2D eigenvalue weighted by atomic mass is 10.1. The van der Waals surface area contributed by atoms with Crippen LogP contribution in [0.3, 0.4) is 0 Å². The van der Waals surface area contributed by atoms with Crippen molar-refractivity contribution in [2.75, 3.05) is 18.6 Å². The van der Waals surface area contributed by atoms with Gasteiger partial charge in [-0.15, -0.1) is 0 Å². The van der Waals surface area contributed by atoms with Gasteiger partial charge in [0, 0.05) is 0 Å². The zero-order valence-corrected chi connectivity index (χ0v) is 15.3. The molecule has 0 aromatic heterocycles. The highest BCUT2D eigenvalue weighted by Crippen LogP contribution is 2.03. The molecule has 0 aromatic carbocycles. The third-order valence-electron chi connectivity index (χ3n) is 3.23. The number of nitrogens with one attached hydrogen (secondary N) is 3. The lowest BCUT2D eigenvalue weighted by Crippen LogP contribution is -2.56. The van der Waals surface area contributed by atoms with Crippen LogP contribution >= 0.6 is 11.8 Å². The second-order valence-electron chi connectivity index (χ2n) is 5.45. The number of carbonyl (C=O) groups is 4. The number of amides is 3. The summed E-state index contributed by atoms with van der Waals surface area (Å²) >= 11 is 1.47. The summed E-state index contributed by atoms with van der Waals surface area (Å²) in [6, 6.07) is -3.09. The van der Waals surface area contributed by atoms with E-state index in [1.54, 1.807) is 0 Å². The van der Waals surface area contributed by atoms with E-state index in [4.69, 9.17) is 10.8 Å². The Bertz CT molecular complexity index is 488. The van der Waals surface area contributed by atoms with Crippen molar-refractivity contribution in [1.29, 1.82) is 0 Å². The molecule has 3 amide bonds. The molecule has 0 heterocycles. The van der Waals surface area contributed by atoms with E-state index in [0.717, 1.165) is 0 Å². The highest BCUT2D eigenvalue weighted by molar-refractivity contribution is 7.98. The molecule has 0 aliphatic carbocycles. The zero-order valence-electron chi connectivity index (χ0n) is 14.4. The fourth-order valence-corrected chi connectivity index (χ4v) is 2.16. The maximum Gasteiger partial charge on any atom is 0.322 e. The molecule has 0 spiro atoms. The highest BCUT2D eigenvalue weighted by atomic mass is 32.2. The minimum Gasteiger partial charge on any atom is -0.480 e. The highest BCUT2D eigenvalue weighted by Gasteiger charge is 2.27. The normalized spacial score (nSPS) is 15.4. The third kappa shape index (κ3) is 9.27. The first-order chi connectivity index (χ1) is 11.6. The number of carboxylic acid groups (broad SMARTS) is 1. The molecule has 7 N–H and O–H groups in total. The average Bonchev–Trinajstić information content (AvgIpc) is 2.54. The zero-order chi connectivity index (χ0) is 19.6. The number of aliphatic hydroxyl groups is 1. The van der Waals surface area contributed by atoms with Gasteiger partial charge in [-0.1, -0.05) is 0 Å². The largest absolute Gasteiger partial charge is 0.480 e. The van der Waals surface area contributed by atoms with E-state index in [1.807, 2.05) is 6.26 Å². The first kappa shape index (κ1) is 23.1. The second kappa shape index (κ2) is 11.7. The smallest absolute Gasteiger partial charge is 0.322 e. The third-order valence-corrected chi connectivity index (χ3v) is 3.88. The van der Waals surface area contributed by atoms with Gasteiger partial charge < -0.3 is 31.9 Å². The van der Waals surface area contributed by atoms with Gasteiger partial charge in [-0.05, 0) is 32.3 Å². The summed E-state index contributed by atoms with van der Waals surface area (Å²) in [7, 11) is 0. The van der Waals surface area contributed by atoms with Crippen LogP contribution in [0.1, 0.15) is 20.3 Å². The SMILES string of the molecule is CSCCC(NC(=O)C(N)C(C)O)C(=O)NC(C)C(=O)NCC(=O)O. The van der Waals surface area contributed by atoms with Gasteiger partial charge in [-0.2, -0.15) is 11.8 Å². The first-order valence-electron chi connectivity index (χ1n) is 7.63. The van der Waals surface area contributed by atoms with Crippen molar-refractivity contribution in [1.82, 2.24) is 16.0 Å². The molecular formula is C14H26N4O6S. The van der Waals surface area contributed by atoms with Gasteiger partial charge in [0.1, 0.15) is 24.7 Å². The number of hydrogen-bond acceptors (Lipinski definition) is 7. The van der Waals surface area contributed by atoms with Gasteiger partial charge in [0.25, 0.3) is 0 Å². The fourth-order valence-electron chi connectivity index (χ4n) is 1.69. The summed E-state index contributed by atoms with van der Waals surface area (Å²) in [5, 5.41) is 24.9. The Labute approximate surface area is 150 Å². The summed E-state index contributed by atoms with van der Waals surface area (Å²) in [6.07, 6.45) is 1.06. The Kier molecular flexibility index (Phi) is 10.8. The van der Waals surface area contributed by atoms with Crippen molar-refractivity contribution in [3.05, 3.63) is 0 Å². The Morgan fingerprint density at radius 3 is 2.16 bits per heavy atom. The molecule has 10 nitrogen and oxygen atoms in total. The number of hydrogen-bond donors (Lipinski definition) is 6. The number of aliphatic hydroxyl groups excluding tert-OH is 1. The Balaban J connectivity index is 4.79. The van der Waals surface area contributed by atoms with Crippen LogP contribution in [0.15, 0.2) is 0 Å². The van der Waals surface area contributed by atoms with E-state index in [2.05, 4.69) is 16.0 Å². The first-order valence-corrected chi connectivity index (χ1v) is 9.02. The molecule has 0 saturated heterocycles. The average molecular weight is 378 g/mol. The van der Waals surface area contributed by atoms with Crippen LogP contribution < -0.4 is 21.7 Å². The van der Waals surface area contributed by atoms with E-state index in [9.17, 15) is 24.3 Å². The number of rotatable bonds is 11. The number of aliphatic carboxylic acids is 1. The van der Waals surface area contributed by atoms with Crippen molar-refractivity contribution in [2.24, 2.45) is 5.73 Å². The minimum atomic E-state index is -1.20. The number of carbonyl (C=O) groups excluding carboxylic acids is 3. The lowest BCUT2D eigenvalue weighted by molar-refractivity contribution is -0.138. The van der Waals surface area contributed by atoms with Crippen LogP contribution in [0, 0.1) is 0 Å². The second-order valence-corrected chi connectivity index (χ2v) is 6.44. The summed E-state index contributed by atoms with van der Waals surface area (Å²) in [5.74, 6) is -2.57. The molecule has 0 aromatic rings. The number of thioether (sulfide) groups is 1. The molecule has 0 aliphatic rings. The molecular weight excluding hydrogens is 352 g/mol. The van der Waals surface area contributed by atoms with Crippen molar-refractivity contribution in [3.8, 4) is 0 Å². The van der Waals surface area contributed by atoms with E-state index < -0.39 is 54.5 Å². The predicted octanol–water partition coefficient (Wildman–Crippen LogP) is -2.36. The van der Waals surface area contributed by atoms with Crippen molar-refractivity contribution < 1.29 is 29.4 Å². The summed E-state index contributed by atoms with van der Waals surface area (Å²) < 4.78 is 0. The Morgan fingerprint density at radius 2 is 1.68 bits per heavy atom. The van der Waals surface area contributed by atoms with Crippen molar-refractivity contribution >= 4 is 35.5 Å². The fraction of sp³-hybridized carbons (Fsp3) is 0.714. The Hall–Kier alpha value is -1.85. The summed E-state index contributed by atoms with van der Waals surface area (Å²) in [6.45, 7) is 2.19. The lowest BCUT2D eigenvalue weighted by Gasteiger charge is -2.23. The number of carboxylic acids is 1. The Morgan fingerprint density at radius 1 is 1.08 bits per heavy atom. The van der Waals surface area contributed by atoms with Crippen molar-refractivity contribution in [2.45, 2.75) is 44.5 Å². The van der Waals surface area contributed by atoms with Gasteiger partial charge >= 0.3 is 5.97 Å². The van der Waals surface area contributed by atoms with Crippen LogP contribution in [0.5, 0.6) is 0 Å². The maximum absolute atomic E-state index is 12.3. The van der Waals surface area contributed by atoms with Gasteiger partial charge in [0.2, 0.25) is 17.7 Å². The molecule has 4 unspecified atom stereocenters. The standard InChI is InChI=1S/C14H26N4O6S/c1-7(12(22)16-6-10(20)21)17-13(23)9(4-5-25-3)18-14(24)11(15)8(2)19/h7-9,11,19H,4-6,15H2,1-3H3,(H,16,22)(H,17,23)(H,18,24)(H,20,21). The number of nitrogens with two attached hydrogens (primary N) is 1. The van der Waals surface area contributed by atoms with E-state index in [-0.39, 0.29) is 0 Å². The van der Waals surface area contributed by atoms with Crippen LogP contribution in [0.4, 0.5) is 0 Å². The summed E-state index contributed by atoms with van der Waals surface area (Å²) in [4.78, 5) is 46.4. The monoisotopic (exact) mass is 378 g/mol. The molecule has 11 heteroatoms. The van der Waals surface area contributed by atoms with E-state index >= 15 is 0 Å². The molecule has 0 fully saturated rings. The molecule has 0 aliphatic heterocycles. The topological polar surface area (TPSA) is 171 Å².